The van der Waals surface area contributed by atoms with Crippen molar-refractivity contribution in [3.8, 4) is 0 Å². The van der Waals surface area contributed by atoms with Gasteiger partial charge in [-0.3, -0.25) is 0 Å². The van der Waals surface area contributed by atoms with Crippen LogP contribution in [-0.4, -0.2) is 0 Å². The van der Waals surface area contributed by atoms with Crippen molar-refractivity contribution in [2.24, 2.45) is 0 Å². The van der Waals surface area contributed by atoms with Gasteiger partial charge in [-0.05, 0) is 57.1 Å². The number of nitrogens with one attached hydrogen (secondary N) is 2. The highest BCUT2D eigenvalue weighted by Crippen LogP contribution is 2.42. The average Bonchev–Trinajstić information content (AvgIpc) is 2.95. The summed E-state index contributed by atoms with van der Waals surface area (Å²) in [6.07, 6.45) is 0. The summed E-state index contributed by atoms with van der Waals surface area (Å²) in [5.74, 6) is 1.65. The summed E-state index contributed by atoms with van der Waals surface area (Å²) in [4.78, 5) is 0. The molecule has 4 rings (SSSR count). The lowest BCUT2D eigenvalue weighted by Gasteiger charge is -2.35. The molecule has 2 atom stereocenters. The van der Waals surface area contributed by atoms with Gasteiger partial charge in [0.2, 0.25) is 0 Å². The average molecular weight is 533 g/mol. The molecule has 2 N–H and O–H groups in total. The van der Waals surface area contributed by atoms with E-state index in [0.717, 1.165) is 0 Å². The predicted molar refractivity (Wildman–Crippen MR) is 175 cm³/mol. The minimum absolute atomic E-state index is 0.00114. The topological polar surface area (TPSA) is 24.1 Å². The van der Waals surface area contributed by atoms with Gasteiger partial charge in [-0.2, -0.15) is 0 Å². The van der Waals surface area contributed by atoms with Crippen LogP contribution in [0.5, 0.6) is 0 Å². The van der Waals surface area contributed by atoms with Gasteiger partial charge in [0.05, 0.1) is 12.1 Å². The Labute approximate surface area is 243 Å². The lowest BCUT2D eigenvalue weighted by molar-refractivity contribution is 0.641. The molecule has 0 aliphatic carbocycles. The summed E-state index contributed by atoms with van der Waals surface area (Å²) < 4.78 is 0. The Hall–Kier alpha value is -3.52. The Morgan fingerprint density at radius 3 is 0.875 bits per heavy atom. The first kappa shape index (κ1) is 29.5. The highest BCUT2D eigenvalue weighted by atomic mass is 15.0. The fraction of sp³-hybridized carbons (Fsp3) is 0.368. The normalized spacial score (nSPS) is 13.2. The third-order valence-electron chi connectivity index (χ3n) is 8.00. The van der Waals surface area contributed by atoms with Crippen molar-refractivity contribution in [1.82, 2.24) is 0 Å². The number of benzene rings is 4. The van der Waals surface area contributed by atoms with Crippen molar-refractivity contribution in [2.45, 2.75) is 91.1 Å². The molecule has 4 aromatic carbocycles. The molecule has 0 aliphatic heterocycles. The number of anilines is 2. The largest absolute Gasteiger partial charge is 0.375 e. The van der Waals surface area contributed by atoms with E-state index in [1.807, 2.05) is 0 Å². The van der Waals surface area contributed by atoms with Crippen molar-refractivity contribution in [2.75, 3.05) is 10.6 Å². The van der Waals surface area contributed by atoms with Crippen LogP contribution in [0.3, 0.4) is 0 Å². The van der Waals surface area contributed by atoms with Crippen molar-refractivity contribution in [3.63, 3.8) is 0 Å². The highest BCUT2D eigenvalue weighted by Gasteiger charge is 2.29. The van der Waals surface area contributed by atoms with Crippen LogP contribution in [-0.2, 0) is 0 Å². The molecule has 0 unspecified atom stereocenters. The van der Waals surface area contributed by atoms with E-state index in [0.29, 0.717) is 23.7 Å². The molecule has 40 heavy (non-hydrogen) atoms. The first-order chi connectivity index (χ1) is 19.2. The van der Waals surface area contributed by atoms with E-state index in [2.05, 4.69) is 163 Å². The quantitative estimate of drug-likeness (QED) is 0.201. The molecular weight excluding hydrogens is 484 g/mol. The van der Waals surface area contributed by atoms with Gasteiger partial charge >= 0.3 is 0 Å². The van der Waals surface area contributed by atoms with E-state index in [9.17, 15) is 0 Å². The molecule has 0 radical (unpaired) electrons. The molecule has 210 valence electrons. The Morgan fingerprint density at radius 2 is 0.625 bits per heavy atom. The van der Waals surface area contributed by atoms with Gasteiger partial charge in [-0.1, -0.05) is 152 Å². The van der Waals surface area contributed by atoms with Gasteiger partial charge < -0.3 is 10.6 Å². The van der Waals surface area contributed by atoms with Gasteiger partial charge in [-0.15, -0.1) is 0 Å². The van der Waals surface area contributed by atoms with Crippen molar-refractivity contribution in [3.05, 3.63) is 130 Å². The second-order valence-corrected chi connectivity index (χ2v) is 12.3. The van der Waals surface area contributed by atoms with Gasteiger partial charge in [0.1, 0.15) is 0 Å². The summed E-state index contributed by atoms with van der Waals surface area (Å²) in [6, 6.07) is 35.5. The summed E-state index contributed by atoms with van der Waals surface area (Å²) >= 11 is 0. The Kier molecular flexibility index (Phi) is 9.74. The van der Waals surface area contributed by atoms with Gasteiger partial charge in [0.15, 0.2) is 0 Å². The molecule has 0 aromatic heterocycles. The SMILES string of the molecule is CC(C)c1cccc(C(C)C)c1N[C@H](c1ccccc1)[C@H](Nc1c(C(C)C)cccc1C(C)C)c1ccccc1. The van der Waals surface area contributed by atoms with Crippen LogP contribution in [0.25, 0.3) is 0 Å². The van der Waals surface area contributed by atoms with Crippen molar-refractivity contribution in [1.29, 1.82) is 0 Å². The third-order valence-corrected chi connectivity index (χ3v) is 8.00. The van der Waals surface area contributed by atoms with Gasteiger partial charge in [-0.25, -0.2) is 0 Å². The summed E-state index contributed by atoms with van der Waals surface area (Å²) in [5, 5.41) is 8.30. The predicted octanol–water partition coefficient (Wildman–Crippen LogP) is 11.2. The zero-order valence-electron chi connectivity index (χ0n) is 25.7. The molecule has 2 heteroatoms. The molecule has 0 saturated carbocycles. The zero-order valence-corrected chi connectivity index (χ0v) is 25.7. The number of hydrogen-bond donors (Lipinski definition) is 2. The van der Waals surface area contributed by atoms with E-state index >= 15 is 0 Å². The molecule has 4 aromatic rings. The smallest absolute Gasteiger partial charge is 0.0757 e. The molecule has 0 fully saturated rings. The van der Waals surface area contributed by atoms with E-state index in [1.54, 1.807) is 0 Å². The minimum atomic E-state index is 0.00114. The summed E-state index contributed by atoms with van der Waals surface area (Å²) in [5.41, 5.74) is 10.5. The zero-order chi connectivity index (χ0) is 28.8. The first-order valence-corrected chi connectivity index (χ1v) is 15.1. The molecule has 0 spiro atoms. The minimum Gasteiger partial charge on any atom is -0.375 e. The maximum absolute atomic E-state index is 4.15. The van der Waals surface area contributed by atoms with E-state index in [1.165, 1.54) is 44.8 Å². The Morgan fingerprint density at radius 1 is 0.350 bits per heavy atom. The second-order valence-electron chi connectivity index (χ2n) is 12.3. The third kappa shape index (κ3) is 6.61. The van der Waals surface area contributed by atoms with Gasteiger partial charge in [0.25, 0.3) is 0 Å². The van der Waals surface area contributed by atoms with Gasteiger partial charge in [0, 0.05) is 11.4 Å². The van der Waals surface area contributed by atoms with Crippen LogP contribution in [0, 0.1) is 0 Å². The summed E-state index contributed by atoms with van der Waals surface area (Å²) in [7, 11) is 0. The Balaban J connectivity index is 1.95. The monoisotopic (exact) mass is 532 g/mol. The maximum Gasteiger partial charge on any atom is 0.0757 e. The molecular formula is C38H48N2. The van der Waals surface area contributed by atoms with Crippen LogP contribution in [0.15, 0.2) is 97.1 Å². The standard InChI is InChI=1S/C38H48N2/c1-25(2)31-21-15-22-32(26(3)4)37(31)39-35(29-17-11-9-12-18-29)36(30-19-13-10-14-20-30)40-38-33(27(5)6)23-16-24-34(38)28(7)8/h9-28,35-36,39-40H,1-8H3/t35-,36-/m1/s1. The maximum atomic E-state index is 4.15. The fourth-order valence-corrected chi connectivity index (χ4v) is 5.79. The van der Waals surface area contributed by atoms with E-state index in [-0.39, 0.29) is 12.1 Å². The second kappa shape index (κ2) is 13.2. The molecule has 2 nitrogen and oxygen atoms in total. The number of para-hydroxylation sites is 2. The van der Waals surface area contributed by atoms with Crippen LogP contribution in [0.1, 0.15) is 125 Å². The molecule has 0 saturated heterocycles. The van der Waals surface area contributed by atoms with E-state index in [4.69, 9.17) is 0 Å². The van der Waals surface area contributed by atoms with Crippen LogP contribution in [0.4, 0.5) is 11.4 Å². The molecule has 0 heterocycles. The number of rotatable bonds is 11. The van der Waals surface area contributed by atoms with Crippen molar-refractivity contribution >= 4 is 11.4 Å². The number of hydrogen-bond acceptors (Lipinski definition) is 2. The summed E-state index contributed by atoms with van der Waals surface area (Å²) in [6.45, 7) is 18.4. The first-order valence-electron chi connectivity index (χ1n) is 15.1. The lowest BCUT2D eigenvalue weighted by atomic mass is 9.87. The van der Waals surface area contributed by atoms with Crippen molar-refractivity contribution < 1.29 is 0 Å². The lowest BCUT2D eigenvalue weighted by Crippen LogP contribution is -2.28. The van der Waals surface area contributed by atoms with Crippen LogP contribution >= 0.6 is 0 Å². The molecule has 0 amide bonds. The van der Waals surface area contributed by atoms with Crippen LogP contribution in [0.2, 0.25) is 0 Å². The van der Waals surface area contributed by atoms with Crippen LogP contribution < -0.4 is 10.6 Å². The highest BCUT2D eigenvalue weighted by molar-refractivity contribution is 5.64. The molecule has 0 aliphatic rings. The van der Waals surface area contributed by atoms with E-state index < -0.39 is 0 Å². The fourth-order valence-electron chi connectivity index (χ4n) is 5.79. The Bertz CT molecular complexity index is 1190. The molecule has 0 bridgehead atoms.